The number of halogens is 3. The predicted octanol–water partition coefficient (Wildman–Crippen LogP) is 3.21. The maximum Gasteiger partial charge on any atom is 0.313 e. The second kappa shape index (κ2) is 6.50. The Labute approximate surface area is 120 Å². The van der Waals surface area contributed by atoms with Crippen LogP contribution in [-0.2, 0) is 9.53 Å². The lowest BCUT2D eigenvalue weighted by Gasteiger charge is -2.29. The predicted molar refractivity (Wildman–Crippen MR) is 74.1 cm³/mol. The monoisotopic (exact) mass is 339 g/mol. The average molecular weight is 341 g/mol. The standard InChI is InChI=1S/C12H15BrFNO2.ClH/c1-12(2,11(16)17-3)10(15)9-7(13)5-4-6-8(9)14;/h4-6,10H,15H2,1-3H3;1H/t10-;/m0./s1. The van der Waals surface area contributed by atoms with Crippen LogP contribution in [-0.4, -0.2) is 13.1 Å². The summed E-state index contributed by atoms with van der Waals surface area (Å²) in [7, 11) is 1.28. The average Bonchev–Trinajstić information content (AvgIpc) is 2.27. The molecule has 1 aromatic rings. The molecule has 6 heteroatoms. The van der Waals surface area contributed by atoms with Crippen LogP contribution in [0, 0.1) is 11.2 Å². The summed E-state index contributed by atoms with van der Waals surface area (Å²) in [4.78, 5) is 11.6. The van der Waals surface area contributed by atoms with E-state index in [1.54, 1.807) is 26.0 Å². The number of nitrogens with two attached hydrogens (primary N) is 1. The number of benzene rings is 1. The van der Waals surface area contributed by atoms with Gasteiger partial charge in [0.25, 0.3) is 0 Å². The minimum atomic E-state index is -1.00. The minimum Gasteiger partial charge on any atom is -0.469 e. The van der Waals surface area contributed by atoms with Crippen molar-refractivity contribution in [3.63, 3.8) is 0 Å². The van der Waals surface area contributed by atoms with Gasteiger partial charge in [0.2, 0.25) is 0 Å². The van der Waals surface area contributed by atoms with Crippen LogP contribution < -0.4 is 5.73 Å². The van der Waals surface area contributed by atoms with Gasteiger partial charge in [-0.2, -0.15) is 0 Å². The Kier molecular flexibility index (Phi) is 6.26. The summed E-state index contributed by atoms with van der Waals surface area (Å²) >= 11 is 3.24. The Morgan fingerprint density at radius 1 is 1.50 bits per heavy atom. The molecule has 0 spiro atoms. The summed E-state index contributed by atoms with van der Waals surface area (Å²) in [6.07, 6.45) is 0. The van der Waals surface area contributed by atoms with E-state index >= 15 is 0 Å². The summed E-state index contributed by atoms with van der Waals surface area (Å²) in [5, 5.41) is 0. The van der Waals surface area contributed by atoms with Crippen LogP contribution in [0.25, 0.3) is 0 Å². The van der Waals surface area contributed by atoms with Crippen molar-refractivity contribution in [2.24, 2.45) is 11.1 Å². The quantitative estimate of drug-likeness (QED) is 0.860. The molecule has 0 aliphatic heterocycles. The Hall–Kier alpha value is -0.650. The van der Waals surface area contributed by atoms with Crippen LogP contribution in [0.4, 0.5) is 4.39 Å². The first-order valence-corrected chi connectivity index (χ1v) is 5.89. The fraction of sp³-hybridized carbons (Fsp3) is 0.417. The number of esters is 1. The smallest absolute Gasteiger partial charge is 0.313 e. The summed E-state index contributed by atoms with van der Waals surface area (Å²) in [5.41, 5.74) is 5.26. The van der Waals surface area contributed by atoms with E-state index in [2.05, 4.69) is 20.7 Å². The van der Waals surface area contributed by atoms with Crippen LogP contribution in [0.3, 0.4) is 0 Å². The SMILES string of the molecule is COC(=O)C(C)(C)[C@@H](N)c1c(F)cccc1Br.Cl. The second-order valence-electron chi connectivity index (χ2n) is 4.33. The van der Waals surface area contributed by atoms with E-state index in [0.717, 1.165) is 0 Å². The van der Waals surface area contributed by atoms with Crippen LogP contribution in [0.15, 0.2) is 22.7 Å². The summed E-state index contributed by atoms with van der Waals surface area (Å²) in [6, 6.07) is 3.78. The first-order valence-electron chi connectivity index (χ1n) is 5.10. The van der Waals surface area contributed by atoms with Crippen molar-refractivity contribution < 1.29 is 13.9 Å². The molecule has 1 aromatic carbocycles. The molecule has 0 amide bonds. The van der Waals surface area contributed by atoms with Crippen LogP contribution in [0.1, 0.15) is 25.5 Å². The third kappa shape index (κ3) is 3.22. The zero-order chi connectivity index (χ0) is 13.2. The number of ether oxygens (including phenoxy) is 1. The van der Waals surface area contributed by atoms with Crippen LogP contribution >= 0.6 is 28.3 Å². The fourth-order valence-electron chi connectivity index (χ4n) is 1.56. The maximum atomic E-state index is 13.7. The minimum absolute atomic E-state index is 0. The van der Waals surface area contributed by atoms with Gasteiger partial charge in [0, 0.05) is 16.1 Å². The van der Waals surface area contributed by atoms with E-state index in [4.69, 9.17) is 5.73 Å². The largest absolute Gasteiger partial charge is 0.469 e. The molecule has 102 valence electrons. The molecular weight excluding hydrogens is 324 g/mol. The molecule has 0 unspecified atom stereocenters. The van der Waals surface area contributed by atoms with Crippen molar-refractivity contribution in [1.82, 2.24) is 0 Å². The number of methoxy groups -OCH3 is 1. The molecule has 0 aliphatic carbocycles. The van der Waals surface area contributed by atoms with E-state index in [0.29, 0.717) is 4.47 Å². The zero-order valence-electron chi connectivity index (χ0n) is 10.4. The van der Waals surface area contributed by atoms with Crippen molar-refractivity contribution in [2.45, 2.75) is 19.9 Å². The number of hydrogen-bond acceptors (Lipinski definition) is 3. The van der Waals surface area contributed by atoms with Gasteiger partial charge < -0.3 is 10.5 Å². The summed E-state index contributed by atoms with van der Waals surface area (Å²) < 4.78 is 19.0. The molecule has 0 radical (unpaired) electrons. The van der Waals surface area contributed by atoms with Gasteiger partial charge in [0.05, 0.1) is 12.5 Å². The molecule has 0 aliphatic rings. The number of hydrogen-bond donors (Lipinski definition) is 1. The van der Waals surface area contributed by atoms with Gasteiger partial charge in [-0.3, -0.25) is 4.79 Å². The fourth-order valence-corrected chi connectivity index (χ4v) is 2.15. The lowest BCUT2D eigenvalue weighted by atomic mass is 9.81. The van der Waals surface area contributed by atoms with E-state index < -0.39 is 23.2 Å². The summed E-state index contributed by atoms with van der Waals surface area (Å²) in [5.74, 6) is -0.913. The van der Waals surface area contributed by atoms with Gasteiger partial charge in [0.1, 0.15) is 5.82 Å². The molecule has 0 saturated heterocycles. The normalized spacial score (nSPS) is 12.6. The molecular formula is C12H16BrClFNO2. The number of carbonyl (C=O) groups excluding carboxylic acids is 1. The van der Waals surface area contributed by atoms with Gasteiger partial charge in [-0.25, -0.2) is 4.39 Å². The Morgan fingerprint density at radius 2 is 2.06 bits per heavy atom. The van der Waals surface area contributed by atoms with Gasteiger partial charge in [0.15, 0.2) is 0 Å². The van der Waals surface area contributed by atoms with E-state index in [-0.39, 0.29) is 18.0 Å². The van der Waals surface area contributed by atoms with E-state index in [9.17, 15) is 9.18 Å². The first kappa shape index (κ1) is 17.4. The third-order valence-corrected chi connectivity index (χ3v) is 3.49. The first-order chi connectivity index (χ1) is 7.82. The third-order valence-electron chi connectivity index (χ3n) is 2.80. The number of rotatable bonds is 3. The summed E-state index contributed by atoms with van der Waals surface area (Å²) in [6.45, 7) is 3.25. The molecule has 0 fully saturated rings. The Bertz CT molecular complexity index is 420. The molecule has 1 atom stereocenters. The highest BCUT2D eigenvalue weighted by Gasteiger charge is 2.38. The molecule has 0 aromatic heterocycles. The highest BCUT2D eigenvalue weighted by Crippen LogP contribution is 2.37. The topological polar surface area (TPSA) is 52.3 Å². The molecule has 1 rings (SSSR count). The van der Waals surface area contributed by atoms with Crippen molar-refractivity contribution in [1.29, 1.82) is 0 Å². The Morgan fingerprint density at radius 3 is 2.50 bits per heavy atom. The van der Waals surface area contributed by atoms with Crippen LogP contribution in [0.5, 0.6) is 0 Å². The van der Waals surface area contributed by atoms with Crippen molar-refractivity contribution in [3.8, 4) is 0 Å². The van der Waals surface area contributed by atoms with Crippen molar-refractivity contribution >= 4 is 34.3 Å². The van der Waals surface area contributed by atoms with Gasteiger partial charge in [-0.05, 0) is 26.0 Å². The Balaban J connectivity index is 0.00000289. The number of carbonyl (C=O) groups is 1. The lowest BCUT2D eigenvalue weighted by molar-refractivity contribution is -0.152. The lowest BCUT2D eigenvalue weighted by Crippen LogP contribution is -2.38. The second-order valence-corrected chi connectivity index (χ2v) is 5.18. The van der Waals surface area contributed by atoms with Gasteiger partial charge in [-0.15, -0.1) is 12.4 Å². The highest BCUT2D eigenvalue weighted by atomic mass is 79.9. The highest BCUT2D eigenvalue weighted by molar-refractivity contribution is 9.10. The molecule has 18 heavy (non-hydrogen) atoms. The van der Waals surface area contributed by atoms with Crippen molar-refractivity contribution in [2.75, 3.05) is 7.11 Å². The van der Waals surface area contributed by atoms with Crippen LogP contribution in [0.2, 0.25) is 0 Å². The van der Waals surface area contributed by atoms with Gasteiger partial charge in [-0.1, -0.05) is 22.0 Å². The van der Waals surface area contributed by atoms with Gasteiger partial charge >= 0.3 is 5.97 Å². The molecule has 0 bridgehead atoms. The zero-order valence-corrected chi connectivity index (χ0v) is 12.8. The molecule has 2 N–H and O–H groups in total. The maximum absolute atomic E-state index is 13.7. The van der Waals surface area contributed by atoms with E-state index in [1.807, 2.05) is 0 Å². The molecule has 0 saturated carbocycles. The van der Waals surface area contributed by atoms with Crippen molar-refractivity contribution in [3.05, 3.63) is 34.1 Å². The molecule has 3 nitrogen and oxygen atoms in total. The van der Waals surface area contributed by atoms with E-state index in [1.165, 1.54) is 13.2 Å². The molecule has 0 heterocycles.